The summed E-state index contributed by atoms with van der Waals surface area (Å²) in [5.41, 5.74) is 1.41. The smallest absolute Gasteiger partial charge is 0.124 e. The van der Waals surface area contributed by atoms with Crippen LogP contribution < -0.4 is 4.74 Å². The van der Waals surface area contributed by atoms with Gasteiger partial charge in [0.25, 0.3) is 0 Å². The summed E-state index contributed by atoms with van der Waals surface area (Å²) in [4.78, 5) is 0. The van der Waals surface area contributed by atoms with Crippen LogP contribution in [0.5, 0.6) is 5.75 Å². The molecule has 0 saturated carbocycles. The Bertz CT molecular complexity index is 602. The second-order valence-electron chi connectivity index (χ2n) is 3.84. The van der Waals surface area contributed by atoms with Gasteiger partial charge in [0.2, 0.25) is 0 Å². The highest BCUT2D eigenvalue weighted by atomic mass is 35.5. The maximum absolute atomic E-state index is 12.9. The van der Waals surface area contributed by atoms with Gasteiger partial charge in [-0.15, -0.1) is 0 Å². The van der Waals surface area contributed by atoms with Crippen LogP contribution in [0.3, 0.4) is 0 Å². The molecule has 0 aromatic heterocycles. The van der Waals surface area contributed by atoms with E-state index in [0.717, 1.165) is 0 Å². The molecule has 2 aromatic rings. The molecule has 0 atom stereocenters. The van der Waals surface area contributed by atoms with Gasteiger partial charge >= 0.3 is 0 Å². The molecule has 19 heavy (non-hydrogen) atoms. The minimum absolute atomic E-state index is 0.235. The molecular weight excluding hydrogens is 269 g/mol. The molecule has 0 aliphatic rings. The fourth-order valence-corrected chi connectivity index (χ4v) is 1.77. The van der Waals surface area contributed by atoms with Gasteiger partial charge in [0.1, 0.15) is 18.2 Å². The van der Waals surface area contributed by atoms with Crippen molar-refractivity contribution in [1.82, 2.24) is 0 Å². The van der Waals surface area contributed by atoms with Crippen molar-refractivity contribution in [2.24, 2.45) is 5.16 Å². The van der Waals surface area contributed by atoms with E-state index in [1.807, 2.05) is 0 Å². The largest absolute Gasteiger partial charge is 0.489 e. The lowest BCUT2D eigenvalue weighted by Gasteiger charge is -2.08. The number of nitrogens with zero attached hydrogens (tertiary/aromatic N) is 1. The lowest BCUT2D eigenvalue weighted by molar-refractivity contribution is 0.306. The predicted octanol–water partition coefficient (Wildman–Crippen LogP) is 3.87. The van der Waals surface area contributed by atoms with Crippen LogP contribution in [0.2, 0.25) is 5.02 Å². The molecule has 0 unspecified atom stereocenters. The number of hydrogen-bond acceptors (Lipinski definition) is 3. The average Bonchev–Trinajstić information content (AvgIpc) is 2.38. The minimum atomic E-state index is -0.380. The summed E-state index contributed by atoms with van der Waals surface area (Å²) in [7, 11) is 0. The van der Waals surface area contributed by atoms with Gasteiger partial charge in [0, 0.05) is 5.56 Å². The van der Waals surface area contributed by atoms with Crippen LogP contribution in [0.1, 0.15) is 11.1 Å². The van der Waals surface area contributed by atoms with E-state index < -0.39 is 0 Å². The van der Waals surface area contributed by atoms with E-state index in [9.17, 15) is 4.39 Å². The summed E-state index contributed by atoms with van der Waals surface area (Å²) in [6.45, 7) is 0.235. The molecule has 2 aromatic carbocycles. The van der Waals surface area contributed by atoms with Crippen LogP contribution >= 0.6 is 11.6 Å². The highest BCUT2D eigenvalue weighted by Crippen LogP contribution is 2.20. The topological polar surface area (TPSA) is 41.8 Å². The van der Waals surface area contributed by atoms with Gasteiger partial charge in [-0.25, -0.2) is 4.39 Å². The predicted molar refractivity (Wildman–Crippen MR) is 71.6 cm³/mol. The molecule has 98 valence electrons. The van der Waals surface area contributed by atoms with Gasteiger partial charge in [0.15, 0.2) is 0 Å². The monoisotopic (exact) mass is 279 g/mol. The van der Waals surface area contributed by atoms with Gasteiger partial charge in [-0.1, -0.05) is 35.0 Å². The van der Waals surface area contributed by atoms with Gasteiger partial charge in [-0.2, -0.15) is 0 Å². The fourth-order valence-electron chi connectivity index (χ4n) is 1.55. The van der Waals surface area contributed by atoms with E-state index in [0.29, 0.717) is 21.9 Å². The zero-order valence-electron chi connectivity index (χ0n) is 9.88. The highest BCUT2D eigenvalue weighted by Gasteiger charge is 2.03. The second kappa shape index (κ2) is 6.20. The SMILES string of the molecule is O/N=C/c1cccc(OCc2ccc(F)cc2Cl)c1. The summed E-state index contributed by atoms with van der Waals surface area (Å²) in [5.74, 6) is 0.229. The Balaban J connectivity index is 2.07. The Morgan fingerprint density at radius 3 is 2.84 bits per heavy atom. The molecule has 0 fully saturated rings. The van der Waals surface area contributed by atoms with Crippen molar-refractivity contribution in [1.29, 1.82) is 0 Å². The van der Waals surface area contributed by atoms with Gasteiger partial charge < -0.3 is 9.94 Å². The number of rotatable bonds is 4. The van der Waals surface area contributed by atoms with Crippen LogP contribution in [-0.2, 0) is 6.61 Å². The summed E-state index contributed by atoms with van der Waals surface area (Å²) in [6, 6.07) is 11.2. The number of hydrogen-bond donors (Lipinski definition) is 1. The van der Waals surface area contributed by atoms with E-state index in [1.165, 1.54) is 18.3 Å². The number of halogens is 2. The number of ether oxygens (including phenoxy) is 1. The molecule has 3 nitrogen and oxygen atoms in total. The van der Waals surface area contributed by atoms with E-state index in [-0.39, 0.29) is 12.4 Å². The van der Waals surface area contributed by atoms with Crippen molar-refractivity contribution >= 4 is 17.8 Å². The summed E-state index contributed by atoms with van der Waals surface area (Å²) >= 11 is 5.90. The van der Waals surface area contributed by atoms with Crippen molar-refractivity contribution in [3.05, 3.63) is 64.4 Å². The third-order valence-corrected chi connectivity index (χ3v) is 2.83. The van der Waals surface area contributed by atoms with Crippen LogP contribution in [0.4, 0.5) is 4.39 Å². The second-order valence-corrected chi connectivity index (χ2v) is 4.25. The van der Waals surface area contributed by atoms with Crippen molar-refractivity contribution in [3.8, 4) is 5.75 Å². The molecule has 0 aliphatic heterocycles. The van der Waals surface area contributed by atoms with Gasteiger partial charge in [-0.05, 0) is 29.8 Å². The molecule has 0 heterocycles. The Kier molecular flexibility index (Phi) is 4.36. The molecule has 0 radical (unpaired) electrons. The van der Waals surface area contributed by atoms with E-state index in [1.54, 1.807) is 30.3 Å². The summed E-state index contributed by atoms with van der Waals surface area (Å²) in [5, 5.41) is 11.7. The van der Waals surface area contributed by atoms with E-state index >= 15 is 0 Å². The molecule has 0 bridgehead atoms. The zero-order valence-corrected chi connectivity index (χ0v) is 10.6. The number of benzene rings is 2. The lowest BCUT2D eigenvalue weighted by Crippen LogP contribution is -1.97. The zero-order chi connectivity index (χ0) is 13.7. The van der Waals surface area contributed by atoms with Crippen LogP contribution in [0.25, 0.3) is 0 Å². The van der Waals surface area contributed by atoms with Crippen LogP contribution in [0.15, 0.2) is 47.6 Å². The Labute approximate surface area is 114 Å². The first-order valence-electron chi connectivity index (χ1n) is 5.53. The highest BCUT2D eigenvalue weighted by molar-refractivity contribution is 6.31. The minimum Gasteiger partial charge on any atom is -0.489 e. The van der Waals surface area contributed by atoms with Gasteiger partial charge in [-0.3, -0.25) is 0 Å². The first kappa shape index (κ1) is 13.4. The summed E-state index contributed by atoms with van der Waals surface area (Å²) < 4.78 is 18.4. The third-order valence-electron chi connectivity index (χ3n) is 2.47. The maximum Gasteiger partial charge on any atom is 0.124 e. The first-order valence-corrected chi connectivity index (χ1v) is 5.91. The molecule has 2 rings (SSSR count). The van der Waals surface area contributed by atoms with Gasteiger partial charge in [0.05, 0.1) is 11.2 Å². The quantitative estimate of drug-likeness (QED) is 0.524. The molecular formula is C14H11ClFNO2. The Morgan fingerprint density at radius 2 is 2.11 bits per heavy atom. The van der Waals surface area contributed by atoms with Crippen LogP contribution in [0, 0.1) is 5.82 Å². The summed E-state index contributed by atoms with van der Waals surface area (Å²) in [6.07, 6.45) is 1.30. The third kappa shape index (κ3) is 3.69. The first-order chi connectivity index (χ1) is 9.19. The molecule has 0 saturated heterocycles. The van der Waals surface area contributed by atoms with E-state index in [2.05, 4.69) is 5.16 Å². The van der Waals surface area contributed by atoms with Crippen molar-refractivity contribution < 1.29 is 14.3 Å². The van der Waals surface area contributed by atoms with Crippen molar-refractivity contribution in [3.63, 3.8) is 0 Å². The fraction of sp³-hybridized carbons (Fsp3) is 0.0714. The Morgan fingerprint density at radius 1 is 1.26 bits per heavy atom. The number of oxime groups is 1. The molecule has 0 amide bonds. The van der Waals surface area contributed by atoms with Crippen LogP contribution in [-0.4, -0.2) is 11.4 Å². The standard InChI is InChI=1S/C14H11ClFNO2/c15-14-7-12(16)5-4-11(14)9-19-13-3-1-2-10(6-13)8-17-18/h1-8,18H,9H2/b17-8+. The maximum atomic E-state index is 12.9. The lowest BCUT2D eigenvalue weighted by atomic mass is 10.2. The molecule has 5 heteroatoms. The average molecular weight is 280 g/mol. The molecule has 0 aliphatic carbocycles. The van der Waals surface area contributed by atoms with Crippen molar-refractivity contribution in [2.75, 3.05) is 0 Å². The van der Waals surface area contributed by atoms with E-state index in [4.69, 9.17) is 21.5 Å². The van der Waals surface area contributed by atoms with Crippen molar-refractivity contribution in [2.45, 2.75) is 6.61 Å². The Hall–Kier alpha value is -2.07. The normalized spacial score (nSPS) is 10.8. The molecule has 1 N–H and O–H groups in total. The molecule has 0 spiro atoms.